The topological polar surface area (TPSA) is 26.0 Å². The maximum atomic E-state index is 6.58. The number of nitrogens with two attached hydrogens (primary N) is 1. The minimum atomic E-state index is 0.895. The Balaban J connectivity index is 1.93. The normalized spacial score (nSPS) is 12.0. The van der Waals surface area contributed by atoms with Gasteiger partial charge in [-0.15, -0.1) is 0 Å². The summed E-state index contributed by atoms with van der Waals surface area (Å²) >= 11 is 0. The van der Waals surface area contributed by atoms with Crippen LogP contribution in [0.4, 0.5) is 5.69 Å². The number of fused-ring (bicyclic) bond motifs is 2. The van der Waals surface area contributed by atoms with E-state index in [-0.39, 0.29) is 0 Å². The lowest BCUT2D eigenvalue weighted by Crippen LogP contribution is -1.96. The molecule has 0 spiro atoms. The number of hydrogen-bond acceptors (Lipinski definition) is 1. The molecule has 0 fully saturated rings. The molecule has 5 aromatic rings. The molecular formula is C26H25N. The van der Waals surface area contributed by atoms with Gasteiger partial charge in [0.2, 0.25) is 0 Å². The van der Waals surface area contributed by atoms with Gasteiger partial charge < -0.3 is 5.73 Å². The molecule has 0 saturated carbocycles. The van der Waals surface area contributed by atoms with E-state index in [0.29, 0.717) is 0 Å². The molecule has 0 unspecified atom stereocenters. The van der Waals surface area contributed by atoms with Crippen LogP contribution in [-0.2, 0) is 6.42 Å². The van der Waals surface area contributed by atoms with Crippen molar-refractivity contribution < 1.29 is 0 Å². The van der Waals surface area contributed by atoms with Crippen molar-refractivity contribution >= 4 is 48.8 Å². The van der Waals surface area contributed by atoms with Crippen molar-refractivity contribution in [1.29, 1.82) is 0 Å². The van der Waals surface area contributed by atoms with Gasteiger partial charge in [-0.2, -0.15) is 0 Å². The summed E-state index contributed by atoms with van der Waals surface area (Å²) in [7, 11) is 0. The highest BCUT2D eigenvalue weighted by Gasteiger charge is 2.16. The predicted molar refractivity (Wildman–Crippen MR) is 120 cm³/mol. The van der Waals surface area contributed by atoms with E-state index >= 15 is 0 Å². The quantitative estimate of drug-likeness (QED) is 0.151. The highest BCUT2D eigenvalue weighted by atomic mass is 14.6. The molecule has 0 saturated heterocycles. The molecule has 27 heavy (non-hydrogen) atoms. The first-order chi connectivity index (χ1) is 13.3. The Labute approximate surface area is 160 Å². The minimum Gasteiger partial charge on any atom is -0.398 e. The summed E-state index contributed by atoms with van der Waals surface area (Å²) in [5.41, 5.74) is 8.92. The van der Waals surface area contributed by atoms with Gasteiger partial charge in [-0.1, -0.05) is 80.8 Å². The lowest BCUT2D eigenvalue weighted by Gasteiger charge is -2.18. The Morgan fingerprint density at radius 1 is 0.630 bits per heavy atom. The van der Waals surface area contributed by atoms with E-state index in [1.165, 1.54) is 74.3 Å². The molecule has 0 atom stereocenters. The van der Waals surface area contributed by atoms with Crippen LogP contribution in [0.1, 0.15) is 38.2 Å². The molecule has 0 heterocycles. The molecule has 5 rings (SSSR count). The third-order valence-corrected chi connectivity index (χ3v) is 6.05. The summed E-state index contributed by atoms with van der Waals surface area (Å²) in [6.45, 7) is 2.27. The number of hydrogen-bond donors (Lipinski definition) is 1. The molecule has 0 bridgehead atoms. The van der Waals surface area contributed by atoms with Crippen molar-refractivity contribution in [2.45, 2.75) is 39.0 Å². The van der Waals surface area contributed by atoms with Gasteiger partial charge in [-0.05, 0) is 62.2 Å². The third kappa shape index (κ3) is 2.45. The first kappa shape index (κ1) is 16.4. The molecule has 0 aliphatic rings. The molecule has 0 aliphatic carbocycles. The number of unbranched alkanes of at least 4 members (excludes halogenated alkanes) is 3. The van der Waals surface area contributed by atoms with Crippen LogP contribution in [0.25, 0.3) is 43.1 Å². The van der Waals surface area contributed by atoms with E-state index in [1.807, 2.05) is 0 Å². The van der Waals surface area contributed by atoms with E-state index in [9.17, 15) is 0 Å². The van der Waals surface area contributed by atoms with Crippen molar-refractivity contribution in [3.05, 3.63) is 66.2 Å². The number of anilines is 1. The summed E-state index contributed by atoms with van der Waals surface area (Å²) in [4.78, 5) is 0. The molecule has 1 nitrogen and oxygen atoms in total. The zero-order chi connectivity index (χ0) is 18.4. The fourth-order valence-electron chi connectivity index (χ4n) is 4.77. The maximum absolute atomic E-state index is 6.58. The van der Waals surface area contributed by atoms with Crippen LogP contribution in [0.5, 0.6) is 0 Å². The Bertz CT molecular complexity index is 1270. The lowest BCUT2D eigenvalue weighted by atomic mass is 9.86. The highest BCUT2D eigenvalue weighted by molar-refractivity contribution is 6.35. The van der Waals surface area contributed by atoms with Gasteiger partial charge in [0, 0.05) is 11.1 Å². The fourth-order valence-corrected chi connectivity index (χ4v) is 4.77. The van der Waals surface area contributed by atoms with Gasteiger partial charge >= 0.3 is 0 Å². The van der Waals surface area contributed by atoms with Crippen LogP contribution in [0.3, 0.4) is 0 Å². The molecule has 5 aromatic carbocycles. The SMILES string of the molecule is CCCCCCc1ccc2cccc3c4cccc5ccc(N)c(c1c23)c54. The second-order valence-electron chi connectivity index (χ2n) is 7.75. The van der Waals surface area contributed by atoms with Crippen LogP contribution >= 0.6 is 0 Å². The average molecular weight is 351 g/mol. The lowest BCUT2D eigenvalue weighted by molar-refractivity contribution is 0.668. The van der Waals surface area contributed by atoms with E-state index in [1.54, 1.807) is 0 Å². The van der Waals surface area contributed by atoms with Crippen LogP contribution in [-0.4, -0.2) is 0 Å². The zero-order valence-electron chi connectivity index (χ0n) is 15.9. The van der Waals surface area contributed by atoms with Crippen LogP contribution in [0, 0.1) is 0 Å². The second-order valence-corrected chi connectivity index (χ2v) is 7.75. The fraction of sp³-hybridized carbons (Fsp3) is 0.231. The Morgan fingerprint density at radius 3 is 2.00 bits per heavy atom. The molecule has 0 aliphatic heterocycles. The molecule has 0 amide bonds. The third-order valence-electron chi connectivity index (χ3n) is 6.05. The molecule has 0 radical (unpaired) electrons. The van der Waals surface area contributed by atoms with Crippen molar-refractivity contribution in [3.63, 3.8) is 0 Å². The van der Waals surface area contributed by atoms with Gasteiger partial charge in [0.1, 0.15) is 0 Å². The molecular weight excluding hydrogens is 326 g/mol. The number of aryl methyl sites for hydroxylation is 1. The average Bonchev–Trinajstić information content (AvgIpc) is 2.70. The van der Waals surface area contributed by atoms with Crippen molar-refractivity contribution in [2.24, 2.45) is 0 Å². The zero-order valence-corrected chi connectivity index (χ0v) is 15.9. The second kappa shape index (κ2) is 6.42. The van der Waals surface area contributed by atoms with E-state index in [0.717, 1.165) is 12.1 Å². The van der Waals surface area contributed by atoms with Crippen LogP contribution in [0.2, 0.25) is 0 Å². The molecule has 1 heteroatoms. The smallest absolute Gasteiger partial charge is 0.0400 e. The molecule has 134 valence electrons. The summed E-state index contributed by atoms with van der Waals surface area (Å²) < 4.78 is 0. The van der Waals surface area contributed by atoms with Crippen molar-refractivity contribution in [3.8, 4) is 0 Å². The Morgan fingerprint density at radius 2 is 1.30 bits per heavy atom. The van der Waals surface area contributed by atoms with Gasteiger partial charge in [0.05, 0.1) is 0 Å². The van der Waals surface area contributed by atoms with Gasteiger partial charge in [-0.25, -0.2) is 0 Å². The number of benzene rings is 5. The predicted octanol–water partition coefficient (Wildman–Crippen LogP) is 7.44. The van der Waals surface area contributed by atoms with Gasteiger partial charge in [0.15, 0.2) is 0 Å². The Kier molecular flexibility index (Phi) is 3.89. The largest absolute Gasteiger partial charge is 0.398 e. The first-order valence-corrected chi connectivity index (χ1v) is 10.2. The maximum Gasteiger partial charge on any atom is 0.0400 e. The van der Waals surface area contributed by atoms with Gasteiger partial charge in [-0.3, -0.25) is 0 Å². The standard InChI is InChI=1S/C26H25N/c1-2-3-4-5-8-19-14-13-17-9-6-11-20-21-12-7-10-18-15-16-22(27)26(24(18)21)25(19)23(17)20/h6-7,9-16H,2-5,8,27H2,1H3. The van der Waals surface area contributed by atoms with E-state index in [4.69, 9.17) is 5.73 Å². The van der Waals surface area contributed by atoms with Crippen LogP contribution < -0.4 is 5.73 Å². The molecule has 2 N–H and O–H groups in total. The Hall–Kier alpha value is -2.80. The summed E-state index contributed by atoms with van der Waals surface area (Å²) in [6, 6.07) is 22.2. The monoisotopic (exact) mass is 351 g/mol. The number of nitrogen functional groups attached to an aromatic ring is 1. The van der Waals surface area contributed by atoms with Crippen molar-refractivity contribution in [2.75, 3.05) is 5.73 Å². The van der Waals surface area contributed by atoms with Crippen LogP contribution in [0.15, 0.2) is 60.7 Å². The summed E-state index contributed by atoms with van der Waals surface area (Å²) in [5, 5.41) is 10.6. The van der Waals surface area contributed by atoms with Crippen molar-refractivity contribution in [1.82, 2.24) is 0 Å². The summed E-state index contributed by atoms with van der Waals surface area (Å²) in [5.74, 6) is 0. The first-order valence-electron chi connectivity index (χ1n) is 10.2. The van der Waals surface area contributed by atoms with E-state index in [2.05, 4.69) is 67.6 Å². The minimum absolute atomic E-state index is 0.895. The number of rotatable bonds is 5. The van der Waals surface area contributed by atoms with E-state index < -0.39 is 0 Å². The van der Waals surface area contributed by atoms with Gasteiger partial charge in [0.25, 0.3) is 0 Å². The summed E-state index contributed by atoms with van der Waals surface area (Å²) in [6.07, 6.45) is 6.25. The molecule has 0 aromatic heterocycles. The highest BCUT2D eigenvalue weighted by Crippen LogP contribution is 2.43.